The predicted molar refractivity (Wildman–Crippen MR) is 99.2 cm³/mol. The van der Waals surface area contributed by atoms with Crippen LogP contribution in [0.4, 0.5) is 17.5 Å². The standard InChI is InChI=1S/C17H20ClN5O3/c1-19-16-12(18)8-20-17(22-16)21-13-4-3-11(7-14(13)25-2)15-9-23(10-24)5-6-26-15/h3-4,7-8,10,15H,5-6,9H2,1-2H3,(H2,19,20,21,22). The van der Waals surface area contributed by atoms with Gasteiger partial charge in [-0.05, 0) is 17.7 Å². The summed E-state index contributed by atoms with van der Waals surface area (Å²) in [7, 11) is 3.33. The molecule has 1 fully saturated rings. The molecule has 1 aromatic heterocycles. The van der Waals surface area contributed by atoms with E-state index in [1.807, 2.05) is 18.2 Å². The van der Waals surface area contributed by atoms with Gasteiger partial charge in [0.25, 0.3) is 0 Å². The van der Waals surface area contributed by atoms with Gasteiger partial charge in [0.05, 0.1) is 32.1 Å². The third-order valence-corrected chi connectivity index (χ3v) is 4.35. The number of halogens is 1. The number of anilines is 3. The van der Waals surface area contributed by atoms with Gasteiger partial charge < -0.3 is 25.0 Å². The highest BCUT2D eigenvalue weighted by Crippen LogP contribution is 2.32. The number of morpholine rings is 1. The molecule has 138 valence electrons. The second-order valence-electron chi connectivity index (χ2n) is 5.68. The van der Waals surface area contributed by atoms with Crippen molar-refractivity contribution in [3.05, 3.63) is 35.0 Å². The minimum atomic E-state index is -0.181. The van der Waals surface area contributed by atoms with Gasteiger partial charge in [0.15, 0.2) is 0 Å². The molecule has 1 saturated heterocycles. The van der Waals surface area contributed by atoms with E-state index < -0.39 is 0 Å². The van der Waals surface area contributed by atoms with Crippen LogP contribution in [0.25, 0.3) is 0 Å². The molecule has 2 aromatic rings. The maximum atomic E-state index is 11.0. The van der Waals surface area contributed by atoms with Crippen LogP contribution in [-0.4, -0.2) is 55.1 Å². The molecule has 1 aromatic carbocycles. The van der Waals surface area contributed by atoms with Crippen LogP contribution in [0.1, 0.15) is 11.7 Å². The number of carbonyl (C=O) groups is 1. The molecular formula is C17H20ClN5O3. The maximum absolute atomic E-state index is 11.0. The molecular weight excluding hydrogens is 358 g/mol. The van der Waals surface area contributed by atoms with E-state index in [4.69, 9.17) is 21.1 Å². The number of aromatic nitrogens is 2. The fourth-order valence-corrected chi connectivity index (χ4v) is 2.89. The topological polar surface area (TPSA) is 88.6 Å². The summed E-state index contributed by atoms with van der Waals surface area (Å²) in [6.45, 7) is 1.64. The fraction of sp³-hybridized carbons (Fsp3) is 0.353. The fourth-order valence-electron chi connectivity index (χ4n) is 2.70. The molecule has 1 unspecified atom stereocenters. The van der Waals surface area contributed by atoms with E-state index in [1.165, 1.54) is 6.20 Å². The number of methoxy groups -OCH3 is 1. The lowest BCUT2D eigenvalue weighted by Gasteiger charge is -2.30. The first-order valence-corrected chi connectivity index (χ1v) is 8.48. The summed E-state index contributed by atoms with van der Waals surface area (Å²) in [4.78, 5) is 21.2. The Morgan fingerprint density at radius 3 is 3.04 bits per heavy atom. The summed E-state index contributed by atoms with van der Waals surface area (Å²) in [6.07, 6.45) is 2.19. The van der Waals surface area contributed by atoms with Crippen molar-refractivity contribution in [2.24, 2.45) is 0 Å². The lowest BCUT2D eigenvalue weighted by molar-refractivity contribution is -0.125. The van der Waals surface area contributed by atoms with Crippen LogP contribution in [0.15, 0.2) is 24.4 Å². The second kappa shape index (κ2) is 8.20. The summed E-state index contributed by atoms with van der Waals surface area (Å²) >= 11 is 6.01. The lowest BCUT2D eigenvalue weighted by atomic mass is 10.1. The number of ether oxygens (including phenoxy) is 2. The van der Waals surface area contributed by atoms with E-state index in [-0.39, 0.29) is 6.10 Å². The molecule has 0 radical (unpaired) electrons. The number of nitrogens with zero attached hydrogens (tertiary/aromatic N) is 3. The molecule has 1 aliphatic rings. The van der Waals surface area contributed by atoms with Crippen molar-refractivity contribution in [1.82, 2.24) is 14.9 Å². The molecule has 8 nitrogen and oxygen atoms in total. The van der Waals surface area contributed by atoms with Gasteiger partial charge in [0.1, 0.15) is 22.7 Å². The van der Waals surface area contributed by atoms with E-state index in [9.17, 15) is 4.79 Å². The summed E-state index contributed by atoms with van der Waals surface area (Å²) in [6, 6.07) is 5.68. The molecule has 1 amide bonds. The second-order valence-corrected chi connectivity index (χ2v) is 6.09. The van der Waals surface area contributed by atoms with Gasteiger partial charge in [0.2, 0.25) is 12.4 Å². The highest BCUT2D eigenvalue weighted by molar-refractivity contribution is 6.32. The first kappa shape index (κ1) is 18.2. The number of nitrogens with one attached hydrogen (secondary N) is 2. The number of benzene rings is 1. The molecule has 0 spiro atoms. The first-order chi connectivity index (χ1) is 12.6. The quantitative estimate of drug-likeness (QED) is 0.747. The summed E-state index contributed by atoms with van der Waals surface area (Å²) in [5.41, 5.74) is 1.65. The SMILES string of the molecule is CNc1nc(Nc2ccc(C3CN(C=O)CCO3)cc2OC)ncc1Cl. The van der Waals surface area contributed by atoms with E-state index in [0.717, 1.165) is 12.0 Å². The van der Waals surface area contributed by atoms with Crippen LogP contribution in [0.3, 0.4) is 0 Å². The van der Waals surface area contributed by atoms with Crippen LogP contribution in [0.2, 0.25) is 5.02 Å². The Morgan fingerprint density at radius 1 is 1.46 bits per heavy atom. The largest absolute Gasteiger partial charge is 0.495 e. The zero-order chi connectivity index (χ0) is 18.5. The van der Waals surface area contributed by atoms with Crippen LogP contribution in [-0.2, 0) is 9.53 Å². The summed E-state index contributed by atoms with van der Waals surface area (Å²) < 4.78 is 11.3. The van der Waals surface area contributed by atoms with Crippen molar-refractivity contribution in [1.29, 1.82) is 0 Å². The molecule has 2 N–H and O–H groups in total. The van der Waals surface area contributed by atoms with Gasteiger partial charge in [-0.25, -0.2) is 4.98 Å². The van der Waals surface area contributed by atoms with Crippen LogP contribution in [0, 0.1) is 0 Å². The minimum absolute atomic E-state index is 0.181. The number of amides is 1. The molecule has 0 aliphatic carbocycles. The van der Waals surface area contributed by atoms with Crippen molar-refractivity contribution < 1.29 is 14.3 Å². The molecule has 0 bridgehead atoms. The molecule has 26 heavy (non-hydrogen) atoms. The van der Waals surface area contributed by atoms with Gasteiger partial charge in [-0.2, -0.15) is 4.98 Å². The zero-order valence-corrected chi connectivity index (χ0v) is 15.3. The zero-order valence-electron chi connectivity index (χ0n) is 14.5. The van der Waals surface area contributed by atoms with Gasteiger partial charge >= 0.3 is 0 Å². The highest BCUT2D eigenvalue weighted by Gasteiger charge is 2.22. The number of carbonyl (C=O) groups excluding carboxylic acids is 1. The van der Waals surface area contributed by atoms with Crippen molar-refractivity contribution in [2.75, 3.05) is 44.5 Å². The van der Waals surface area contributed by atoms with Crippen molar-refractivity contribution in [2.45, 2.75) is 6.10 Å². The molecule has 0 saturated carbocycles. The van der Waals surface area contributed by atoms with Crippen molar-refractivity contribution >= 4 is 35.5 Å². The third kappa shape index (κ3) is 3.97. The summed E-state index contributed by atoms with van der Waals surface area (Å²) in [5, 5.41) is 6.47. The van der Waals surface area contributed by atoms with Crippen molar-refractivity contribution in [3.8, 4) is 5.75 Å². The third-order valence-electron chi connectivity index (χ3n) is 4.07. The predicted octanol–water partition coefficient (Wildman–Crippen LogP) is 2.45. The van der Waals surface area contributed by atoms with E-state index in [2.05, 4.69) is 20.6 Å². The smallest absolute Gasteiger partial charge is 0.229 e. The Morgan fingerprint density at radius 2 is 2.31 bits per heavy atom. The van der Waals surface area contributed by atoms with Crippen LogP contribution < -0.4 is 15.4 Å². The van der Waals surface area contributed by atoms with Crippen LogP contribution >= 0.6 is 11.6 Å². The average molecular weight is 378 g/mol. The van der Waals surface area contributed by atoms with Gasteiger partial charge in [-0.3, -0.25) is 4.79 Å². The van der Waals surface area contributed by atoms with E-state index >= 15 is 0 Å². The van der Waals surface area contributed by atoms with Crippen molar-refractivity contribution in [3.63, 3.8) is 0 Å². The molecule has 3 rings (SSSR count). The van der Waals surface area contributed by atoms with Crippen LogP contribution in [0.5, 0.6) is 5.75 Å². The minimum Gasteiger partial charge on any atom is -0.495 e. The molecule has 2 heterocycles. The maximum Gasteiger partial charge on any atom is 0.229 e. The Kier molecular flexibility index (Phi) is 5.75. The highest BCUT2D eigenvalue weighted by atomic mass is 35.5. The Labute approximate surface area is 156 Å². The average Bonchev–Trinajstić information content (AvgIpc) is 2.69. The van der Waals surface area contributed by atoms with E-state index in [1.54, 1.807) is 19.1 Å². The van der Waals surface area contributed by atoms with Gasteiger partial charge in [-0.15, -0.1) is 0 Å². The molecule has 1 atom stereocenters. The Hall–Kier alpha value is -2.58. The first-order valence-electron chi connectivity index (χ1n) is 8.10. The lowest BCUT2D eigenvalue weighted by Crippen LogP contribution is -2.37. The van der Waals surface area contributed by atoms with Gasteiger partial charge in [-0.1, -0.05) is 17.7 Å². The van der Waals surface area contributed by atoms with E-state index in [0.29, 0.717) is 47.9 Å². The normalized spacial score (nSPS) is 16.9. The van der Waals surface area contributed by atoms with Gasteiger partial charge in [0, 0.05) is 13.6 Å². The molecule has 9 heteroatoms. The number of hydrogen-bond donors (Lipinski definition) is 2. The Balaban J connectivity index is 1.81. The number of hydrogen-bond acceptors (Lipinski definition) is 7. The molecule has 1 aliphatic heterocycles. The monoisotopic (exact) mass is 377 g/mol. The summed E-state index contributed by atoms with van der Waals surface area (Å²) in [5.74, 6) is 1.55. The number of rotatable bonds is 6. The Bertz CT molecular complexity index is 789.